The van der Waals surface area contributed by atoms with Crippen LogP contribution in [0.1, 0.15) is 38.5 Å². The van der Waals surface area contributed by atoms with Gasteiger partial charge in [-0.15, -0.1) is 12.4 Å². The molecule has 0 unspecified atom stereocenters. The third kappa shape index (κ3) is 3.11. The van der Waals surface area contributed by atoms with Crippen LogP contribution in [0.15, 0.2) is 0 Å². The number of halogens is 1. The fraction of sp³-hybridized carbons (Fsp3) is 0.917. The van der Waals surface area contributed by atoms with Gasteiger partial charge in [0.05, 0.1) is 6.04 Å². The Bertz CT molecular complexity index is 229. The van der Waals surface area contributed by atoms with Gasteiger partial charge < -0.3 is 10.6 Å². The van der Waals surface area contributed by atoms with Crippen molar-refractivity contribution in [3.05, 3.63) is 0 Å². The van der Waals surface area contributed by atoms with E-state index in [1.54, 1.807) is 7.05 Å². The Morgan fingerprint density at radius 1 is 1.19 bits per heavy atom. The molecule has 0 aromatic rings. The highest BCUT2D eigenvalue weighted by Crippen LogP contribution is 2.34. The summed E-state index contributed by atoms with van der Waals surface area (Å²) in [7, 11) is 1.72. The summed E-state index contributed by atoms with van der Waals surface area (Å²) < 4.78 is 0. The van der Waals surface area contributed by atoms with Gasteiger partial charge >= 0.3 is 0 Å². The number of amides is 1. The van der Waals surface area contributed by atoms with Gasteiger partial charge in [-0.25, -0.2) is 0 Å². The predicted molar refractivity (Wildman–Crippen MR) is 67.8 cm³/mol. The number of likely N-dealkylation sites (N-methyl/N-ethyl adjacent to an activating group) is 1. The highest BCUT2D eigenvalue weighted by Gasteiger charge is 2.33. The number of hydrogen-bond donors (Lipinski definition) is 2. The zero-order chi connectivity index (χ0) is 10.7. The lowest BCUT2D eigenvalue weighted by atomic mass is 9.79. The van der Waals surface area contributed by atoms with Gasteiger partial charge in [0.25, 0.3) is 0 Å². The molecule has 1 amide bonds. The fourth-order valence-corrected chi connectivity index (χ4v) is 3.10. The van der Waals surface area contributed by atoms with E-state index in [1.807, 2.05) is 0 Å². The van der Waals surface area contributed by atoms with Gasteiger partial charge in [0.2, 0.25) is 5.91 Å². The molecule has 94 valence electrons. The molecule has 0 bridgehead atoms. The summed E-state index contributed by atoms with van der Waals surface area (Å²) >= 11 is 0. The van der Waals surface area contributed by atoms with Crippen LogP contribution in [-0.4, -0.2) is 25.5 Å². The molecule has 2 aliphatic rings. The maximum Gasteiger partial charge on any atom is 0.236 e. The van der Waals surface area contributed by atoms with E-state index >= 15 is 0 Å². The minimum Gasteiger partial charge on any atom is -0.358 e. The lowest BCUT2D eigenvalue weighted by Gasteiger charge is -2.26. The molecule has 2 fully saturated rings. The topological polar surface area (TPSA) is 41.1 Å². The van der Waals surface area contributed by atoms with Crippen molar-refractivity contribution in [3.63, 3.8) is 0 Å². The van der Waals surface area contributed by atoms with E-state index in [9.17, 15) is 4.79 Å². The minimum absolute atomic E-state index is 0. The molecular weight excluding hydrogens is 224 g/mol. The first-order valence-corrected chi connectivity index (χ1v) is 6.26. The molecule has 16 heavy (non-hydrogen) atoms. The van der Waals surface area contributed by atoms with Crippen molar-refractivity contribution in [2.45, 2.75) is 44.6 Å². The van der Waals surface area contributed by atoms with E-state index in [2.05, 4.69) is 10.6 Å². The molecule has 1 heterocycles. The molecule has 0 radical (unpaired) electrons. The van der Waals surface area contributed by atoms with Crippen molar-refractivity contribution in [3.8, 4) is 0 Å². The number of carbonyl (C=O) groups excluding carboxylic acids is 1. The summed E-state index contributed by atoms with van der Waals surface area (Å²) in [6.45, 7) is 1.04. The Labute approximate surface area is 104 Å². The third-order valence-electron chi connectivity index (χ3n) is 4.04. The van der Waals surface area contributed by atoms with Gasteiger partial charge in [0, 0.05) is 7.05 Å². The van der Waals surface area contributed by atoms with Gasteiger partial charge in [-0.2, -0.15) is 0 Å². The van der Waals surface area contributed by atoms with E-state index in [0.717, 1.165) is 24.8 Å². The first-order valence-electron chi connectivity index (χ1n) is 6.26. The zero-order valence-electron chi connectivity index (χ0n) is 10.00. The van der Waals surface area contributed by atoms with Gasteiger partial charge in [-0.1, -0.05) is 32.1 Å². The minimum atomic E-state index is 0. The van der Waals surface area contributed by atoms with E-state index < -0.39 is 0 Å². The van der Waals surface area contributed by atoms with Gasteiger partial charge in [-0.05, 0) is 24.8 Å². The van der Waals surface area contributed by atoms with Crippen LogP contribution < -0.4 is 10.6 Å². The van der Waals surface area contributed by atoms with Crippen molar-refractivity contribution >= 4 is 18.3 Å². The van der Waals surface area contributed by atoms with Crippen molar-refractivity contribution in [1.29, 1.82) is 0 Å². The molecule has 2 atom stereocenters. The molecule has 0 aromatic heterocycles. The standard InChI is InChI=1S/C12H22N2O.ClH/c1-13-12(15)11-7-10(8-14-11)9-5-3-2-4-6-9;/h9-11,14H,2-8H2,1H3,(H,13,15);1H/t10-,11+;/m1./s1. The molecule has 1 saturated heterocycles. The average molecular weight is 247 g/mol. The van der Waals surface area contributed by atoms with Crippen molar-refractivity contribution in [2.75, 3.05) is 13.6 Å². The summed E-state index contributed by atoms with van der Waals surface area (Å²) in [5.41, 5.74) is 0. The van der Waals surface area contributed by atoms with Crippen LogP contribution >= 0.6 is 12.4 Å². The van der Waals surface area contributed by atoms with Gasteiger partial charge in [-0.3, -0.25) is 4.79 Å². The average Bonchev–Trinajstić information content (AvgIpc) is 2.78. The van der Waals surface area contributed by atoms with Crippen molar-refractivity contribution in [2.24, 2.45) is 11.8 Å². The maximum atomic E-state index is 11.5. The van der Waals surface area contributed by atoms with Crippen LogP contribution in [0.25, 0.3) is 0 Å². The third-order valence-corrected chi connectivity index (χ3v) is 4.04. The van der Waals surface area contributed by atoms with Gasteiger partial charge in [0.15, 0.2) is 0 Å². The van der Waals surface area contributed by atoms with Crippen molar-refractivity contribution in [1.82, 2.24) is 10.6 Å². The van der Waals surface area contributed by atoms with E-state index in [0.29, 0.717) is 0 Å². The lowest BCUT2D eigenvalue weighted by molar-refractivity contribution is -0.122. The summed E-state index contributed by atoms with van der Waals surface area (Å²) in [5, 5.41) is 6.07. The van der Waals surface area contributed by atoms with Crippen LogP contribution in [-0.2, 0) is 4.79 Å². The zero-order valence-corrected chi connectivity index (χ0v) is 10.8. The first-order chi connectivity index (χ1) is 7.31. The van der Waals surface area contributed by atoms with Crippen LogP contribution in [0.3, 0.4) is 0 Å². The quantitative estimate of drug-likeness (QED) is 0.779. The second kappa shape index (κ2) is 6.45. The van der Waals surface area contributed by atoms with Crippen LogP contribution in [0, 0.1) is 11.8 Å². The number of carbonyl (C=O) groups is 1. The molecule has 1 saturated carbocycles. The largest absolute Gasteiger partial charge is 0.358 e. The number of hydrogen-bond acceptors (Lipinski definition) is 2. The second-order valence-corrected chi connectivity index (χ2v) is 4.97. The molecule has 2 rings (SSSR count). The fourth-order valence-electron chi connectivity index (χ4n) is 3.10. The highest BCUT2D eigenvalue weighted by molar-refractivity contribution is 5.85. The molecule has 1 aliphatic carbocycles. The molecule has 3 nitrogen and oxygen atoms in total. The highest BCUT2D eigenvalue weighted by atomic mass is 35.5. The molecule has 2 N–H and O–H groups in total. The SMILES string of the molecule is CNC(=O)[C@@H]1C[C@@H](C2CCCCC2)CN1.Cl. The second-order valence-electron chi connectivity index (χ2n) is 4.97. The molecule has 0 spiro atoms. The summed E-state index contributed by atoms with van der Waals surface area (Å²) in [6.07, 6.45) is 8.01. The summed E-state index contributed by atoms with van der Waals surface area (Å²) in [6, 6.07) is 0.0712. The molecule has 0 aromatic carbocycles. The van der Waals surface area contributed by atoms with E-state index in [4.69, 9.17) is 0 Å². The first kappa shape index (κ1) is 13.8. The predicted octanol–water partition coefficient (Wildman–Crippen LogP) is 1.71. The maximum absolute atomic E-state index is 11.5. The van der Waals surface area contributed by atoms with E-state index in [-0.39, 0.29) is 24.4 Å². The molecular formula is C12H23ClN2O. The van der Waals surface area contributed by atoms with E-state index in [1.165, 1.54) is 32.1 Å². The van der Waals surface area contributed by atoms with Gasteiger partial charge in [0.1, 0.15) is 0 Å². The smallest absolute Gasteiger partial charge is 0.236 e. The van der Waals surface area contributed by atoms with Crippen molar-refractivity contribution < 1.29 is 4.79 Å². The van der Waals surface area contributed by atoms with Crippen LogP contribution in [0.5, 0.6) is 0 Å². The Morgan fingerprint density at radius 2 is 1.88 bits per heavy atom. The summed E-state index contributed by atoms with van der Waals surface area (Å²) in [5.74, 6) is 1.78. The van der Waals surface area contributed by atoms with Crippen LogP contribution in [0.2, 0.25) is 0 Å². The number of nitrogens with one attached hydrogen (secondary N) is 2. The lowest BCUT2D eigenvalue weighted by Crippen LogP contribution is -2.38. The molecule has 1 aliphatic heterocycles. The Kier molecular flexibility index (Phi) is 5.56. The normalized spacial score (nSPS) is 30.8. The van der Waals surface area contributed by atoms with Crippen LogP contribution in [0.4, 0.5) is 0 Å². The summed E-state index contributed by atoms with van der Waals surface area (Å²) in [4.78, 5) is 11.5. The Balaban J connectivity index is 0.00000128. The number of rotatable bonds is 2. The Hall–Kier alpha value is -0.280. The monoisotopic (exact) mass is 246 g/mol. The molecule has 4 heteroatoms. The Morgan fingerprint density at radius 3 is 2.50 bits per heavy atom.